The van der Waals surface area contributed by atoms with E-state index < -0.39 is 23.2 Å². The molecule has 1 aliphatic heterocycles. The molecule has 1 aliphatic rings. The number of hydrogen-bond acceptors (Lipinski definition) is 8. The highest BCUT2D eigenvalue weighted by Gasteiger charge is 2.50. The number of hydrazine groups is 1. The Morgan fingerprint density at radius 3 is 2.45 bits per heavy atom. The quantitative estimate of drug-likeness (QED) is 0.173. The second-order valence-electron chi connectivity index (χ2n) is 11.0. The number of rotatable bonds is 15. The maximum atomic E-state index is 13.6. The molecule has 0 unspecified atom stereocenters. The molecular weight excluding hydrogens is 510 g/mol. The second kappa shape index (κ2) is 14.8. The lowest BCUT2D eigenvalue weighted by atomic mass is 9.88. The van der Waals surface area contributed by atoms with Crippen LogP contribution in [-0.2, 0) is 25.5 Å². The number of aliphatic hydroxyl groups excluding tert-OH is 1. The summed E-state index contributed by atoms with van der Waals surface area (Å²) in [5.74, 6) is 0.241. The van der Waals surface area contributed by atoms with Gasteiger partial charge in [0.15, 0.2) is 5.54 Å². The van der Waals surface area contributed by atoms with Gasteiger partial charge in [0, 0.05) is 31.6 Å². The van der Waals surface area contributed by atoms with Crippen LogP contribution in [0.5, 0.6) is 5.75 Å². The van der Waals surface area contributed by atoms with Crippen molar-refractivity contribution in [3.63, 3.8) is 0 Å². The lowest BCUT2D eigenvalue weighted by Crippen LogP contribution is -2.55. The van der Waals surface area contributed by atoms with Gasteiger partial charge in [-0.15, -0.1) is 0 Å². The minimum Gasteiger partial charge on any atom is -0.494 e. The third-order valence-corrected chi connectivity index (χ3v) is 6.52. The number of aryl methyl sites for hydroxylation is 1. The Labute approximate surface area is 237 Å². The third kappa shape index (κ3) is 9.34. The van der Waals surface area contributed by atoms with Crippen molar-refractivity contribution >= 4 is 17.8 Å². The van der Waals surface area contributed by atoms with E-state index in [0.29, 0.717) is 36.8 Å². The first-order chi connectivity index (χ1) is 19.1. The number of esters is 1. The number of aliphatic imine (C=N–C) groups is 1. The van der Waals surface area contributed by atoms with Gasteiger partial charge in [0.2, 0.25) is 5.90 Å². The Morgan fingerprint density at radius 2 is 1.77 bits per heavy atom. The van der Waals surface area contributed by atoms with E-state index in [1.165, 1.54) is 5.56 Å². The lowest BCUT2D eigenvalue weighted by Gasteiger charge is -2.28. The summed E-state index contributed by atoms with van der Waals surface area (Å²) >= 11 is 0. The third-order valence-electron chi connectivity index (χ3n) is 6.52. The minimum atomic E-state index is -1.31. The van der Waals surface area contributed by atoms with E-state index in [1.54, 1.807) is 19.1 Å². The normalized spacial score (nSPS) is 18.5. The van der Waals surface area contributed by atoms with E-state index in [0.717, 1.165) is 19.3 Å². The first-order valence-corrected chi connectivity index (χ1v) is 14.0. The number of amides is 1. The van der Waals surface area contributed by atoms with Gasteiger partial charge in [0.05, 0.1) is 6.61 Å². The molecule has 0 bridgehead atoms. The SMILES string of the molecule is C[C@@H]1OC(c2ccc(OCCCO)cc2)=N[C@]1(CCC(=O)OC(C)(C)C)C(=O)NNCCCCc1ccccc1. The van der Waals surface area contributed by atoms with Crippen molar-refractivity contribution in [1.29, 1.82) is 0 Å². The van der Waals surface area contributed by atoms with E-state index in [9.17, 15) is 9.59 Å². The van der Waals surface area contributed by atoms with Crippen molar-refractivity contribution in [1.82, 2.24) is 10.9 Å². The molecule has 2 atom stereocenters. The largest absolute Gasteiger partial charge is 0.494 e. The van der Waals surface area contributed by atoms with Crippen LogP contribution in [0.4, 0.5) is 0 Å². The molecule has 9 nitrogen and oxygen atoms in total. The highest BCUT2D eigenvalue weighted by molar-refractivity contribution is 6.00. The number of unbranched alkanes of at least 4 members (excludes halogenated alkanes) is 1. The zero-order chi connectivity index (χ0) is 29.0. The molecular formula is C31H43N3O6. The van der Waals surface area contributed by atoms with Gasteiger partial charge in [-0.05, 0) is 83.2 Å². The molecule has 0 aromatic heterocycles. The zero-order valence-corrected chi connectivity index (χ0v) is 24.1. The fourth-order valence-electron chi connectivity index (χ4n) is 4.38. The predicted molar refractivity (Wildman–Crippen MR) is 154 cm³/mol. The van der Waals surface area contributed by atoms with Crippen molar-refractivity contribution in [2.75, 3.05) is 19.8 Å². The van der Waals surface area contributed by atoms with Gasteiger partial charge < -0.3 is 19.3 Å². The Balaban J connectivity index is 1.66. The first kappa shape index (κ1) is 31.1. The molecule has 0 aliphatic carbocycles. The van der Waals surface area contributed by atoms with Gasteiger partial charge in [0.1, 0.15) is 17.5 Å². The van der Waals surface area contributed by atoms with Gasteiger partial charge in [-0.3, -0.25) is 15.0 Å². The summed E-state index contributed by atoms with van der Waals surface area (Å²) in [7, 11) is 0. The van der Waals surface area contributed by atoms with Crippen LogP contribution in [0.1, 0.15) is 70.9 Å². The number of benzene rings is 2. The number of ether oxygens (including phenoxy) is 3. The van der Waals surface area contributed by atoms with E-state index in [1.807, 2.05) is 51.1 Å². The van der Waals surface area contributed by atoms with Crippen LogP contribution in [0.25, 0.3) is 0 Å². The predicted octanol–water partition coefficient (Wildman–Crippen LogP) is 4.12. The standard InChI is InChI=1S/C31H43N3O6/c1-23-31(19-18-27(36)40-30(2,3)4,29(37)34-32-20-9-8-13-24-11-6-5-7-12-24)33-28(39-23)25-14-16-26(17-15-25)38-22-10-21-35/h5-7,11-12,14-17,23,32,35H,8-10,13,18-22H2,1-4H3,(H,34,37)/t23-,31-/m0/s1. The van der Waals surface area contributed by atoms with Crippen LogP contribution in [0.3, 0.4) is 0 Å². The Hall–Kier alpha value is -3.43. The van der Waals surface area contributed by atoms with Gasteiger partial charge >= 0.3 is 5.97 Å². The number of aliphatic hydroxyl groups is 1. The number of hydrogen-bond donors (Lipinski definition) is 3. The van der Waals surface area contributed by atoms with Crippen LogP contribution in [-0.4, -0.2) is 59.9 Å². The minimum absolute atomic E-state index is 0.0177. The summed E-state index contributed by atoms with van der Waals surface area (Å²) in [6.07, 6.45) is 2.93. The van der Waals surface area contributed by atoms with Gasteiger partial charge in [0.25, 0.3) is 5.91 Å². The number of nitrogens with one attached hydrogen (secondary N) is 2. The summed E-state index contributed by atoms with van der Waals surface area (Å²) in [6.45, 7) is 8.30. The molecule has 3 rings (SSSR count). The van der Waals surface area contributed by atoms with Crippen molar-refractivity contribution in [2.45, 2.75) is 83.5 Å². The monoisotopic (exact) mass is 553 g/mol. The summed E-state index contributed by atoms with van der Waals surface area (Å²) in [6, 6.07) is 17.5. The van der Waals surface area contributed by atoms with Gasteiger partial charge in [-0.1, -0.05) is 30.3 Å². The van der Waals surface area contributed by atoms with Crippen LogP contribution in [0.2, 0.25) is 0 Å². The molecule has 0 saturated heterocycles. The van der Waals surface area contributed by atoms with Crippen LogP contribution in [0.15, 0.2) is 59.6 Å². The molecule has 3 N–H and O–H groups in total. The molecule has 40 heavy (non-hydrogen) atoms. The van der Waals surface area contributed by atoms with E-state index in [-0.39, 0.29) is 25.4 Å². The highest BCUT2D eigenvalue weighted by Crippen LogP contribution is 2.33. The number of carbonyl (C=O) groups is 2. The number of nitrogens with zero attached hydrogens (tertiary/aromatic N) is 1. The Kier molecular flexibility index (Phi) is 11.5. The average Bonchev–Trinajstić information content (AvgIpc) is 3.26. The molecule has 2 aromatic rings. The fourth-order valence-corrected chi connectivity index (χ4v) is 4.38. The van der Waals surface area contributed by atoms with Crippen molar-refractivity contribution < 1.29 is 28.9 Å². The average molecular weight is 554 g/mol. The Morgan fingerprint density at radius 1 is 1.05 bits per heavy atom. The molecule has 2 aromatic carbocycles. The maximum Gasteiger partial charge on any atom is 0.306 e. The van der Waals surface area contributed by atoms with Crippen LogP contribution in [0, 0.1) is 0 Å². The number of carbonyl (C=O) groups excluding carboxylic acids is 2. The van der Waals surface area contributed by atoms with E-state index in [2.05, 4.69) is 23.0 Å². The Bertz CT molecular complexity index is 1110. The lowest BCUT2D eigenvalue weighted by molar-refractivity contribution is -0.155. The smallest absolute Gasteiger partial charge is 0.306 e. The zero-order valence-electron chi connectivity index (χ0n) is 24.1. The molecule has 9 heteroatoms. The van der Waals surface area contributed by atoms with E-state index in [4.69, 9.17) is 24.3 Å². The second-order valence-corrected chi connectivity index (χ2v) is 11.0. The van der Waals surface area contributed by atoms with Crippen molar-refractivity contribution in [3.8, 4) is 5.75 Å². The fraction of sp³-hybridized carbons (Fsp3) is 0.516. The molecule has 1 amide bonds. The van der Waals surface area contributed by atoms with Crippen LogP contribution >= 0.6 is 0 Å². The van der Waals surface area contributed by atoms with Crippen LogP contribution < -0.4 is 15.6 Å². The molecule has 0 radical (unpaired) electrons. The van der Waals surface area contributed by atoms with Gasteiger partial charge in [-0.2, -0.15) is 0 Å². The molecule has 1 heterocycles. The van der Waals surface area contributed by atoms with Crippen molar-refractivity contribution in [2.24, 2.45) is 4.99 Å². The van der Waals surface area contributed by atoms with Gasteiger partial charge in [-0.25, -0.2) is 10.4 Å². The maximum absolute atomic E-state index is 13.6. The topological polar surface area (TPSA) is 118 Å². The summed E-state index contributed by atoms with van der Waals surface area (Å²) in [4.78, 5) is 30.9. The first-order valence-electron chi connectivity index (χ1n) is 14.0. The highest BCUT2D eigenvalue weighted by atomic mass is 16.6. The molecule has 218 valence electrons. The molecule has 0 fully saturated rings. The van der Waals surface area contributed by atoms with Crippen molar-refractivity contribution in [3.05, 3.63) is 65.7 Å². The summed E-state index contributed by atoms with van der Waals surface area (Å²) < 4.78 is 17.2. The molecule has 0 spiro atoms. The molecule has 0 saturated carbocycles. The summed E-state index contributed by atoms with van der Waals surface area (Å²) in [5, 5.41) is 8.94. The van der Waals surface area contributed by atoms with E-state index >= 15 is 0 Å². The summed E-state index contributed by atoms with van der Waals surface area (Å²) in [5.41, 5.74) is 5.89.